The number of ether oxygens (including phenoxy) is 1. The SMILES string of the molecule is COCCNC(=O)CN(C)S(=O)(=O)c1ccc(N)cc1. The number of anilines is 1. The quantitative estimate of drug-likeness (QED) is 0.529. The van der Waals surface area contributed by atoms with Crippen molar-refractivity contribution in [3.8, 4) is 0 Å². The lowest BCUT2D eigenvalue weighted by Crippen LogP contribution is -2.39. The lowest BCUT2D eigenvalue weighted by Gasteiger charge is -2.16. The number of nitrogens with zero attached hydrogens (tertiary/aromatic N) is 1. The Morgan fingerprint density at radius 1 is 1.35 bits per heavy atom. The van der Waals surface area contributed by atoms with E-state index in [-0.39, 0.29) is 17.3 Å². The first kappa shape index (κ1) is 16.4. The van der Waals surface area contributed by atoms with E-state index in [1.807, 2.05) is 0 Å². The number of methoxy groups -OCH3 is 1. The molecular formula is C12H19N3O4S. The van der Waals surface area contributed by atoms with Crippen molar-refractivity contribution in [2.75, 3.05) is 39.6 Å². The largest absolute Gasteiger partial charge is 0.399 e. The van der Waals surface area contributed by atoms with Crippen molar-refractivity contribution in [3.05, 3.63) is 24.3 Å². The number of likely N-dealkylation sites (N-methyl/N-ethyl adjacent to an activating group) is 1. The van der Waals surface area contributed by atoms with E-state index >= 15 is 0 Å². The van der Waals surface area contributed by atoms with Crippen molar-refractivity contribution in [2.24, 2.45) is 0 Å². The molecule has 0 aromatic heterocycles. The van der Waals surface area contributed by atoms with E-state index in [2.05, 4.69) is 5.32 Å². The fourth-order valence-corrected chi connectivity index (χ4v) is 2.58. The van der Waals surface area contributed by atoms with Gasteiger partial charge in [0.05, 0.1) is 18.0 Å². The van der Waals surface area contributed by atoms with Crippen LogP contribution in [0.4, 0.5) is 5.69 Å². The van der Waals surface area contributed by atoms with E-state index in [0.29, 0.717) is 18.8 Å². The molecular weight excluding hydrogens is 282 g/mol. The highest BCUT2D eigenvalue weighted by Gasteiger charge is 2.22. The maximum absolute atomic E-state index is 12.2. The third-order valence-electron chi connectivity index (χ3n) is 2.58. The van der Waals surface area contributed by atoms with Crippen molar-refractivity contribution >= 4 is 21.6 Å². The maximum Gasteiger partial charge on any atom is 0.243 e. The second kappa shape index (κ2) is 7.22. The summed E-state index contributed by atoms with van der Waals surface area (Å²) in [5.74, 6) is -0.386. The molecule has 0 heterocycles. The van der Waals surface area contributed by atoms with Crippen molar-refractivity contribution in [1.82, 2.24) is 9.62 Å². The summed E-state index contributed by atoms with van der Waals surface area (Å²) in [6.07, 6.45) is 0. The summed E-state index contributed by atoms with van der Waals surface area (Å²) in [6, 6.07) is 5.81. The molecule has 1 aromatic carbocycles. The van der Waals surface area contributed by atoms with Crippen molar-refractivity contribution in [3.63, 3.8) is 0 Å². The number of sulfonamides is 1. The summed E-state index contributed by atoms with van der Waals surface area (Å²) in [7, 11) is -0.829. The molecule has 8 heteroatoms. The molecule has 0 atom stereocenters. The Morgan fingerprint density at radius 2 is 1.95 bits per heavy atom. The molecule has 0 radical (unpaired) electrons. The molecule has 0 saturated carbocycles. The number of amides is 1. The van der Waals surface area contributed by atoms with Gasteiger partial charge in [0.1, 0.15) is 0 Å². The number of carbonyl (C=O) groups is 1. The van der Waals surface area contributed by atoms with Crippen LogP contribution >= 0.6 is 0 Å². The number of benzene rings is 1. The zero-order valence-electron chi connectivity index (χ0n) is 11.5. The number of nitrogens with two attached hydrogens (primary N) is 1. The van der Waals surface area contributed by atoms with Crippen LogP contribution in [0.25, 0.3) is 0 Å². The van der Waals surface area contributed by atoms with Gasteiger partial charge in [0.15, 0.2) is 0 Å². The Balaban J connectivity index is 2.68. The van der Waals surface area contributed by atoms with Crippen molar-refractivity contribution < 1.29 is 17.9 Å². The van der Waals surface area contributed by atoms with Gasteiger partial charge >= 0.3 is 0 Å². The van der Waals surface area contributed by atoms with Crippen molar-refractivity contribution in [1.29, 1.82) is 0 Å². The van der Waals surface area contributed by atoms with E-state index in [1.54, 1.807) is 0 Å². The van der Waals surface area contributed by atoms with E-state index in [4.69, 9.17) is 10.5 Å². The van der Waals surface area contributed by atoms with E-state index < -0.39 is 10.0 Å². The predicted octanol–water partition coefficient (Wildman–Crippen LogP) is -0.348. The first-order chi connectivity index (χ1) is 9.37. The van der Waals surface area contributed by atoms with Gasteiger partial charge in [-0.25, -0.2) is 8.42 Å². The molecule has 0 fully saturated rings. The summed E-state index contributed by atoms with van der Waals surface area (Å²) < 4.78 is 30.2. The van der Waals surface area contributed by atoms with Gasteiger partial charge in [0.25, 0.3) is 0 Å². The maximum atomic E-state index is 12.2. The molecule has 1 amide bonds. The van der Waals surface area contributed by atoms with Gasteiger partial charge in [-0.2, -0.15) is 4.31 Å². The minimum Gasteiger partial charge on any atom is -0.399 e. The number of carbonyl (C=O) groups excluding carboxylic acids is 1. The lowest BCUT2D eigenvalue weighted by molar-refractivity contribution is -0.121. The minimum absolute atomic E-state index is 0.0962. The second-order valence-corrected chi connectivity index (χ2v) is 6.22. The van der Waals surface area contributed by atoms with Crippen LogP contribution in [-0.2, 0) is 19.6 Å². The highest BCUT2D eigenvalue weighted by molar-refractivity contribution is 7.89. The molecule has 0 spiro atoms. The van der Waals surface area contributed by atoms with Gasteiger partial charge in [-0.1, -0.05) is 0 Å². The predicted molar refractivity (Wildman–Crippen MR) is 75.6 cm³/mol. The van der Waals surface area contributed by atoms with E-state index in [0.717, 1.165) is 4.31 Å². The molecule has 7 nitrogen and oxygen atoms in total. The van der Waals surface area contributed by atoms with Crippen LogP contribution in [0.3, 0.4) is 0 Å². The average Bonchev–Trinajstić information content (AvgIpc) is 2.39. The average molecular weight is 301 g/mol. The van der Waals surface area contributed by atoms with Crippen LogP contribution in [0, 0.1) is 0 Å². The van der Waals surface area contributed by atoms with Crippen LogP contribution < -0.4 is 11.1 Å². The molecule has 0 unspecified atom stereocenters. The first-order valence-corrected chi connectivity index (χ1v) is 7.39. The van der Waals surface area contributed by atoms with Crippen LogP contribution in [0.15, 0.2) is 29.2 Å². The fraction of sp³-hybridized carbons (Fsp3) is 0.417. The summed E-state index contributed by atoms with van der Waals surface area (Å²) in [5, 5.41) is 2.56. The molecule has 20 heavy (non-hydrogen) atoms. The third kappa shape index (κ3) is 4.48. The Morgan fingerprint density at radius 3 is 2.50 bits per heavy atom. The van der Waals surface area contributed by atoms with Crippen LogP contribution in [-0.4, -0.2) is 52.5 Å². The number of nitrogens with one attached hydrogen (secondary N) is 1. The topological polar surface area (TPSA) is 102 Å². The van der Waals surface area contributed by atoms with E-state index in [1.165, 1.54) is 38.4 Å². The summed E-state index contributed by atoms with van der Waals surface area (Å²) in [4.78, 5) is 11.7. The third-order valence-corrected chi connectivity index (χ3v) is 4.40. The van der Waals surface area contributed by atoms with Gasteiger partial charge in [-0.3, -0.25) is 4.79 Å². The Labute approximate surface area is 118 Å². The van der Waals surface area contributed by atoms with Crippen molar-refractivity contribution in [2.45, 2.75) is 4.90 Å². The summed E-state index contributed by atoms with van der Waals surface area (Å²) in [6.45, 7) is 0.460. The highest BCUT2D eigenvalue weighted by atomic mass is 32.2. The molecule has 0 aliphatic carbocycles. The van der Waals surface area contributed by atoms with Crippen LogP contribution in [0.5, 0.6) is 0 Å². The standard InChI is InChI=1S/C12H19N3O4S/c1-15(9-12(16)14-7-8-19-2)20(17,18)11-5-3-10(13)4-6-11/h3-6H,7-9,13H2,1-2H3,(H,14,16). The zero-order valence-corrected chi connectivity index (χ0v) is 12.3. The molecule has 0 aliphatic heterocycles. The molecule has 3 N–H and O–H groups in total. The fourth-order valence-electron chi connectivity index (χ4n) is 1.46. The normalized spacial score (nSPS) is 11.6. The summed E-state index contributed by atoms with van der Waals surface area (Å²) >= 11 is 0. The zero-order chi connectivity index (χ0) is 15.2. The smallest absolute Gasteiger partial charge is 0.243 e. The molecule has 0 aliphatic rings. The van der Waals surface area contributed by atoms with Crippen LogP contribution in [0.1, 0.15) is 0 Å². The number of nitrogen functional groups attached to an aromatic ring is 1. The Bertz CT molecular complexity index is 542. The number of hydrogen-bond donors (Lipinski definition) is 2. The lowest BCUT2D eigenvalue weighted by atomic mass is 10.3. The minimum atomic E-state index is -3.70. The number of rotatable bonds is 7. The van der Waals surface area contributed by atoms with Crippen LogP contribution in [0.2, 0.25) is 0 Å². The molecule has 1 rings (SSSR count). The van der Waals surface area contributed by atoms with E-state index in [9.17, 15) is 13.2 Å². The monoisotopic (exact) mass is 301 g/mol. The van der Waals surface area contributed by atoms with Gasteiger partial charge in [-0.05, 0) is 24.3 Å². The molecule has 0 saturated heterocycles. The molecule has 0 bridgehead atoms. The molecule has 112 valence electrons. The van der Waals surface area contributed by atoms with Gasteiger partial charge in [0.2, 0.25) is 15.9 Å². The Hall–Kier alpha value is -1.64. The van der Waals surface area contributed by atoms with Gasteiger partial charge in [-0.15, -0.1) is 0 Å². The molecule has 1 aromatic rings. The second-order valence-electron chi connectivity index (χ2n) is 4.17. The van der Waals surface area contributed by atoms with Gasteiger partial charge < -0.3 is 15.8 Å². The summed E-state index contributed by atoms with van der Waals surface area (Å²) in [5.41, 5.74) is 5.99. The number of hydrogen-bond acceptors (Lipinski definition) is 5. The first-order valence-electron chi connectivity index (χ1n) is 5.95. The Kier molecular flexibility index (Phi) is 5.93. The highest BCUT2D eigenvalue weighted by Crippen LogP contribution is 2.15. The van der Waals surface area contributed by atoms with Gasteiger partial charge in [0, 0.05) is 26.4 Å².